The molecule has 0 aliphatic heterocycles. The Morgan fingerprint density at radius 2 is 0.931 bits per heavy atom. The molecule has 0 spiro atoms. The summed E-state index contributed by atoms with van der Waals surface area (Å²) in [6, 6.07) is 28.2. The molecule has 1 aliphatic rings. The zero-order valence-electron chi connectivity index (χ0n) is 16.5. The largest absolute Gasteiger partial charge is 0.508 e. The van der Waals surface area contributed by atoms with Crippen LogP contribution in [0.5, 0.6) is 11.5 Å². The van der Waals surface area contributed by atoms with Crippen molar-refractivity contribution in [3.05, 3.63) is 118 Å². The Morgan fingerprint density at radius 1 is 0.517 bits per heavy atom. The first-order valence-electron chi connectivity index (χ1n) is 9.83. The van der Waals surface area contributed by atoms with Crippen LogP contribution in [-0.4, -0.2) is 10.2 Å². The molecule has 0 saturated heterocycles. The molecular weight excluding hydrogens is 356 g/mol. The van der Waals surface area contributed by atoms with Crippen LogP contribution in [0.15, 0.2) is 84.9 Å². The van der Waals surface area contributed by atoms with E-state index >= 15 is 0 Å². The van der Waals surface area contributed by atoms with Gasteiger partial charge in [-0.25, -0.2) is 0 Å². The Kier molecular flexibility index (Phi) is 3.78. The fourth-order valence-electron chi connectivity index (χ4n) is 4.88. The van der Waals surface area contributed by atoms with E-state index in [0.29, 0.717) is 0 Å². The predicted octanol–water partition coefficient (Wildman–Crippen LogP) is 6.08. The smallest absolute Gasteiger partial charge is 0.120 e. The second-order valence-electron chi connectivity index (χ2n) is 7.88. The number of hydrogen-bond donors (Lipinski definition) is 2. The summed E-state index contributed by atoms with van der Waals surface area (Å²) >= 11 is 0. The number of aromatic hydroxyl groups is 2. The normalized spacial score (nSPS) is 13.7. The van der Waals surface area contributed by atoms with Gasteiger partial charge in [0.25, 0.3) is 0 Å². The highest BCUT2D eigenvalue weighted by molar-refractivity contribution is 5.87. The van der Waals surface area contributed by atoms with Crippen LogP contribution in [0.25, 0.3) is 11.1 Å². The molecule has 1 aliphatic carbocycles. The van der Waals surface area contributed by atoms with Crippen LogP contribution in [0.3, 0.4) is 0 Å². The van der Waals surface area contributed by atoms with Gasteiger partial charge in [-0.2, -0.15) is 0 Å². The molecule has 0 amide bonds. The highest BCUT2D eigenvalue weighted by Gasteiger charge is 2.48. The minimum Gasteiger partial charge on any atom is -0.508 e. The van der Waals surface area contributed by atoms with Gasteiger partial charge in [0.1, 0.15) is 11.5 Å². The summed E-state index contributed by atoms with van der Waals surface area (Å²) in [5.41, 5.74) is 7.15. The lowest BCUT2D eigenvalue weighted by atomic mass is 9.67. The van der Waals surface area contributed by atoms with Crippen LogP contribution in [0.1, 0.15) is 33.4 Å². The average Bonchev–Trinajstić information content (AvgIpc) is 3.00. The summed E-state index contributed by atoms with van der Waals surface area (Å²) in [7, 11) is 0. The van der Waals surface area contributed by atoms with Gasteiger partial charge in [-0.1, -0.05) is 72.8 Å². The van der Waals surface area contributed by atoms with E-state index in [1.54, 1.807) is 12.1 Å². The Balaban J connectivity index is 2.00. The Labute approximate surface area is 170 Å². The lowest BCUT2D eigenvalue weighted by molar-refractivity contribution is 0.448. The van der Waals surface area contributed by atoms with E-state index in [1.807, 2.05) is 62.4 Å². The topological polar surface area (TPSA) is 40.5 Å². The third-order valence-corrected chi connectivity index (χ3v) is 6.07. The molecule has 0 fully saturated rings. The number of rotatable bonds is 2. The van der Waals surface area contributed by atoms with Crippen LogP contribution in [0.4, 0.5) is 0 Å². The molecule has 2 N–H and O–H groups in total. The standard InChI is InChI=1S/C27H22O2/c1-17-11-13-23(25(28)15-17)27(24-14-12-18(2)16-26(24)29)21-9-5-3-7-19(21)20-8-4-6-10-22(20)27/h3-16,28-29H,1-2H3. The lowest BCUT2D eigenvalue weighted by Gasteiger charge is -2.34. The molecule has 2 nitrogen and oxygen atoms in total. The molecule has 0 unspecified atom stereocenters. The molecule has 2 heteroatoms. The molecule has 0 saturated carbocycles. The van der Waals surface area contributed by atoms with E-state index in [2.05, 4.69) is 24.3 Å². The van der Waals surface area contributed by atoms with Crippen molar-refractivity contribution < 1.29 is 10.2 Å². The van der Waals surface area contributed by atoms with Crippen molar-refractivity contribution in [3.63, 3.8) is 0 Å². The van der Waals surface area contributed by atoms with E-state index in [-0.39, 0.29) is 11.5 Å². The van der Waals surface area contributed by atoms with Crippen LogP contribution in [0.2, 0.25) is 0 Å². The second kappa shape index (κ2) is 6.25. The SMILES string of the molecule is Cc1ccc(C2(c3ccc(C)cc3O)c3ccccc3-c3ccccc32)c(O)c1. The number of aryl methyl sites for hydroxylation is 2. The number of phenols is 2. The number of fused-ring (bicyclic) bond motifs is 3. The summed E-state index contributed by atoms with van der Waals surface area (Å²) in [5.74, 6) is 0.466. The van der Waals surface area contributed by atoms with Gasteiger partial charge in [-0.15, -0.1) is 0 Å². The first-order valence-corrected chi connectivity index (χ1v) is 9.83. The first kappa shape index (κ1) is 17.6. The quantitative estimate of drug-likeness (QED) is 0.391. The molecular formula is C27H22O2. The molecule has 0 bridgehead atoms. The van der Waals surface area contributed by atoms with E-state index in [0.717, 1.165) is 44.5 Å². The van der Waals surface area contributed by atoms with Gasteiger partial charge in [-0.05, 0) is 59.4 Å². The second-order valence-corrected chi connectivity index (χ2v) is 7.88. The summed E-state index contributed by atoms with van der Waals surface area (Å²) in [5, 5.41) is 22.2. The zero-order chi connectivity index (χ0) is 20.2. The maximum atomic E-state index is 11.1. The number of benzene rings is 4. The van der Waals surface area contributed by atoms with Gasteiger partial charge in [0, 0.05) is 11.1 Å². The molecule has 0 heterocycles. The van der Waals surface area contributed by atoms with Crippen molar-refractivity contribution in [1.29, 1.82) is 0 Å². The van der Waals surface area contributed by atoms with Gasteiger partial charge < -0.3 is 10.2 Å². The van der Waals surface area contributed by atoms with Crippen LogP contribution in [-0.2, 0) is 5.41 Å². The van der Waals surface area contributed by atoms with Gasteiger partial charge in [0.2, 0.25) is 0 Å². The first-order chi connectivity index (χ1) is 14.0. The molecule has 5 rings (SSSR count). The Morgan fingerprint density at radius 3 is 1.34 bits per heavy atom. The van der Waals surface area contributed by atoms with E-state index < -0.39 is 5.41 Å². The van der Waals surface area contributed by atoms with Gasteiger partial charge in [0.15, 0.2) is 0 Å². The fourth-order valence-corrected chi connectivity index (χ4v) is 4.88. The minimum absolute atomic E-state index is 0.233. The summed E-state index contributed by atoms with van der Waals surface area (Å²) in [6.07, 6.45) is 0. The van der Waals surface area contributed by atoms with E-state index in [1.165, 1.54) is 0 Å². The minimum atomic E-state index is -0.789. The predicted molar refractivity (Wildman–Crippen MR) is 117 cm³/mol. The van der Waals surface area contributed by atoms with Crippen molar-refractivity contribution in [2.45, 2.75) is 19.3 Å². The Hall–Kier alpha value is -3.52. The van der Waals surface area contributed by atoms with E-state index in [4.69, 9.17) is 0 Å². The van der Waals surface area contributed by atoms with Crippen molar-refractivity contribution in [1.82, 2.24) is 0 Å². The molecule has 4 aromatic carbocycles. The van der Waals surface area contributed by atoms with Crippen LogP contribution >= 0.6 is 0 Å². The molecule has 0 radical (unpaired) electrons. The highest BCUT2D eigenvalue weighted by Crippen LogP contribution is 2.59. The zero-order valence-corrected chi connectivity index (χ0v) is 16.5. The number of hydrogen-bond acceptors (Lipinski definition) is 2. The van der Waals surface area contributed by atoms with Crippen molar-refractivity contribution in [2.24, 2.45) is 0 Å². The van der Waals surface area contributed by atoms with Crippen molar-refractivity contribution in [2.75, 3.05) is 0 Å². The third kappa shape index (κ3) is 2.35. The monoisotopic (exact) mass is 378 g/mol. The molecule has 0 atom stereocenters. The fraction of sp³-hybridized carbons (Fsp3) is 0.111. The van der Waals surface area contributed by atoms with Crippen LogP contribution < -0.4 is 0 Å². The van der Waals surface area contributed by atoms with Gasteiger partial charge >= 0.3 is 0 Å². The molecule has 0 aromatic heterocycles. The van der Waals surface area contributed by atoms with Gasteiger partial charge in [0.05, 0.1) is 5.41 Å². The maximum absolute atomic E-state index is 11.1. The van der Waals surface area contributed by atoms with E-state index in [9.17, 15) is 10.2 Å². The molecule has 4 aromatic rings. The summed E-state index contributed by atoms with van der Waals surface area (Å²) < 4.78 is 0. The summed E-state index contributed by atoms with van der Waals surface area (Å²) in [4.78, 5) is 0. The average molecular weight is 378 g/mol. The lowest BCUT2D eigenvalue weighted by Crippen LogP contribution is -2.29. The summed E-state index contributed by atoms with van der Waals surface area (Å²) in [6.45, 7) is 3.94. The highest BCUT2D eigenvalue weighted by atomic mass is 16.3. The molecule has 29 heavy (non-hydrogen) atoms. The number of phenolic OH excluding ortho intramolecular Hbond substituents is 2. The Bertz CT molecular complexity index is 1150. The molecule has 142 valence electrons. The maximum Gasteiger partial charge on any atom is 0.120 e. The van der Waals surface area contributed by atoms with Crippen molar-refractivity contribution >= 4 is 0 Å². The van der Waals surface area contributed by atoms with Crippen LogP contribution in [0, 0.1) is 13.8 Å². The van der Waals surface area contributed by atoms with Gasteiger partial charge in [-0.3, -0.25) is 0 Å². The van der Waals surface area contributed by atoms with Crippen molar-refractivity contribution in [3.8, 4) is 22.6 Å². The third-order valence-electron chi connectivity index (χ3n) is 6.07.